The fourth-order valence-electron chi connectivity index (χ4n) is 2.83. The molecular weight excluding hydrogens is 371 g/mol. The molecule has 28 heavy (non-hydrogen) atoms. The smallest absolute Gasteiger partial charge is 0.416 e. The molecule has 8 heteroatoms. The maximum absolute atomic E-state index is 12.9. The van der Waals surface area contributed by atoms with Crippen LogP contribution in [0, 0.1) is 0 Å². The van der Waals surface area contributed by atoms with E-state index in [2.05, 4.69) is 15.6 Å². The van der Waals surface area contributed by atoms with Gasteiger partial charge in [0.15, 0.2) is 0 Å². The summed E-state index contributed by atoms with van der Waals surface area (Å²) in [6.07, 6.45) is -2.95. The number of benzene rings is 2. The van der Waals surface area contributed by atoms with Gasteiger partial charge < -0.3 is 15.4 Å². The number of methoxy groups -OCH3 is 1. The summed E-state index contributed by atoms with van der Waals surface area (Å²) in [6.45, 7) is 1.80. The number of nitrogens with one attached hydrogen (secondary N) is 2. The zero-order valence-electron chi connectivity index (χ0n) is 15.2. The van der Waals surface area contributed by atoms with Gasteiger partial charge in [0.05, 0.1) is 23.9 Å². The first kappa shape index (κ1) is 19.5. The molecule has 0 aliphatic rings. The molecule has 146 valence electrons. The second kappa shape index (κ2) is 7.75. The summed E-state index contributed by atoms with van der Waals surface area (Å²) >= 11 is 0. The molecule has 3 rings (SSSR count). The molecule has 0 fully saturated rings. The van der Waals surface area contributed by atoms with E-state index in [9.17, 15) is 18.0 Å². The molecule has 1 aromatic heterocycles. The van der Waals surface area contributed by atoms with Crippen LogP contribution in [0.15, 0.2) is 48.7 Å². The van der Waals surface area contributed by atoms with Gasteiger partial charge in [-0.05, 0) is 35.9 Å². The van der Waals surface area contributed by atoms with Crippen molar-refractivity contribution in [3.05, 3.63) is 59.8 Å². The van der Waals surface area contributed by atoms with Gasteiger partial charge in [-0.3, -0.25) is 9.78 Å². The summed E-state index contributed by atoms with van der Waals surface area (Å²) in [5.41, 5.74) is 1.59. The Kier molecular flexibility index (Phi) is 5.39. The Morgan fingerprint density at radius 3 is 2.57 bits per heavy atom. The number of hydrogen-bond acceptors (Lipinski definition) is 4. The van der Waals surface area contributed by atoms with Gasteiger partial charge in [0.2, 0.25) is 5.91 Å². The SMILES string of the molecule is COc1ccc(CNc2ccnc3cc(C(F)(F)F)ccc23)cc1NC(C)=O. The molecule has 0 saturated heterocycles. The van der Waals surface area contributed by atoms with E-state index in [1.807, 2.05) is 6.07 Å². The highest BCUT2D eigenvalue weighted by Crippen LogP contribution is 2.33. The van der Waals surface area contributed by atoms with E-state index in [1.54, 1.807) is 18.2 Å². The number of rotatable bonds is 5. The first-order chi connectivity index (χ1) is 13.3. The van der Waals surface area contributed by atoms with Crippen molar-refractivity contribution in [2.45, 2.75) is 19.6 Å². The highest BCUT2D eigenvalue weighted by atomic mass is 19.4. The summed E-state index contributed by atoms with van der Waals surface area (Å²) < 4.78 is 43.9. The molecule has 0 radical (unpaired) electrons. The predicted molar refractivity (Wildman–Crippen MR) is 101 cm³/mol. The first-order valence-corrected chi connectivity index (χ1v) is 8.42. The van der Waals surface area contributed by atoms with Crippen molar-refractivity contribution in [2.75, 3.05) is 17.7 Å². The monoisotopic (exact) mass is 389 g/mol. The summed E-state index contributed by atoms with van der Waals surface area (Å²) in [7, 11) is 1.51. The summed E-state index contributed by atoms with van der Waals surface area (Å²) in [4.78, 5) is 15.4. The molecule has 1 heterocycles. The number of amides is 1. The number of anilines is 2. The molecule has 0 aliphatic carbocycles. The van der Waals surface area contributed by atoms with E-state index in [-0.39, 0.29) is 11.4 Å². The van der Waals surface area contributed by atoms with Crippen molar-refractivity contribution in [1.29, 1.82) is 0 Å². The molecule has 0 bridgehead atoms. The zero-order valence-corrected chi connectivity index (χ0v) is 15.2. The number of carbonyl (C=O) groups is 1. The Morgan fingerprint density at radius 1 is 1.11 bits per heavy atom. The van der Waals surface area contributed by atoms with Crippen molar-refractivity contribution >= 4 is 28.2 Å². The molecule has 5 nitrogen and oxygen atoms in total. The van der Waals surface area contributed by atoms with Crippen LogP contribution in [-0.2, 0) is 17.5 Å². The maximum Gasteiger partial charge on any atom is 0.416 e. The van der Waals surface area contributed by atoms with Gasteiger partial charge in [0.25, 0.3) is 0 Å². The van der Waals surface area contributed by atoms with Crippen molar-refractivity contribution < 1.29 is 22.7 Å². The Bertz CT molecular complexity index is 1020. The topological polar surface area (TPSA) is 63.2 Å². The average molecular weight is 389 g/mol. The number of ether oxygens (including phenoxy) is 1. The van der Waals surface area contributed by atoms with Gasteiger partial charge in [-0.25, -0.2) is 0 Å². The summed E-state index contributed by atoms with van der Waals surface area (Å²) in [5, 5.41) is 6.50. The number of pyridine rings is 1. The fraction of sp³-hybridized carbons (Fsp3) is 0.200. The highest BCUT2D eigenvalue weighted by Gasteiger charge is 2.30. The van der Waals surface area contributed by atoms with Crippen LogP contribution in [0.5, 0.6) is 5.75 Å². The molecule has 0 saturated carbocycles. The number of aromatic nitrogens is 1. The Balaban J connectivity index is 1.85. The molecule has 3 aromatic rings. The third kappa shape index (κ3) is 4.33. The van der Waals surface area contributed by atoms with Gasteiger partial charge in [-0.1, -0.05) is 12.1 Å². The standard InChI is InChI=1S/C20H18F3N3O2/c1-12(27)26-18-9-13(3-6-19(18)28-2)11-25-16-7-8-24-17-10-14(20(21,22)23)4-5-15(16)17/h3-10H,11H2,1-2H3,(H,24,25)(H,26,27). The predicted octanol–water partition coefficient (Wildman–Crippen LogP) is 4.83. The van der Waals surface area contributed by atoms with E-state index in [4.69, 9.17) is 4.74 Å². The van der Waals surface area contributed by atoms with Gasteiger partial charge in [0, 0.05) is 30.7 Å². The van der Waals surface area contributed by atoms with Crippen LogP contribution >= 0.6 is 0 Å². The molecule has 0 unspecified atom stereocenters. The Morgan fingerprint density at radius 2 is 1.89 bits per heavy atom. The number of halogens is 3. The molecule has 0 aliphatic heterocycles. The van der Waals surface area contributed by atoms with Crippen LogP contribution in [0.1, 0.15) is 18.1 Å². The normalized spacial score (nSPS) is 11.3. The molecule has 2 aromatic carbocycles. The van der Waals surface area contributed by atoms with Crippen LogP contribution in [0.4, 0.5) is 24.5 Å². The highest BCUT2D eigenvalue weighted by molar-refractivity contribution is 5.92. The Labute approximate surface area is 159 Å². The van der Waals surface area contributed by atoms with Crippen LogP contribution in [0.2, 0.25) is 0 Å². The van der Waals surface area contributed by atoms with Crippen molar-refractivity contribution in [3.63, 3.8) is 0 Å². The van der Waals surface area contributed by atoms with Gasteiger partial charge in [-0.2, -0.15) is 13.2 Å². The number of alkyl halides is 3. The summed E-state index contributed by atoms with van der Waals surface area (Å²) in [5.74, 6) is 0.317. The Hall–Kier alpha value is -3.29. The lowest BCUT2D eigenvalue weighted by Gasteiger charge is -2.14. The third-order valence-corrected chi connectivity index (χ3v) is 4.13. The molecular formula is C20H18F3N3O2. The van der Waals surface area contributed by atoms with Crippen LogP contribution in [-0.4, -0.2) is 18.0 Å². The fourth-order valence-corrected chi connectivity index (χ4v) is 2.83. The number of hydrogen-bond donors (Lipinski definition) is 2. The van der Waals surface area contributed by atoms with Crippen molar-refractivity contribution in [3.8, 4) is 5.75 Å². The van der Waals surface area contributed by atoms with E-state index >= 15 is 0 Å². The van der Waals surface area contributed by atoms with Crippen molar-refractivity contribution in [2.24, 2.45) is 0 Å². The second-order valence-electron chi connectivity index (χ2n) is 6.16. The van der Waals surface area contributed by atoms with Gasteiger partial charge in [0.1, 0.15) is 5.75 Å². The van der Waals surface area contributed by atoms with Crippen LogP contribution in [0.25, 0.3) is 10.9 Å². The average Bonchev–Trinajstić information content (AvgIpc) is 2.64. The van der Waals surface area contributed by atoms with Gasteiger partial charge >= 0.3 is 6.18 Å². The minimum absolute atomic E-state index is 0.219. The lowest BCUT2D eigenvalue weighted by molar-refractivity contribution is -0.137. The maximum atomic E-state index is 12.9. The molecule has 0 atom stereocenters. The number of nitrogens with zero attached hydrogens (tertiary/aromatic N) is 1. The van der Waals surface area contributed by atoms with Crippen LogP contribution in [0.3, 0.4) is 0 Å². The minimum atomic E-state index is -4.41. The van der Waals surface area contributed by atoms with E-state index in [0.717, 1.165) is 17.7 Å². The molecule has 1 amide bonds. The van der Waals surface area contributed by atoms with Gasteiger partial charge in [-0.15, -0.1) is 0 Å². The second-order valence-corrected chi connectivity index (χ2v) is 6.16. The van der Waals surface area contributed by atoms with Crippen LogP contribution < -0.4 is 15.4 Å². The van der Waals surface area contributed by atoms with E-state index in [0.29, 0.717) is 29.1 Å². The number of carbonyl (C=O) groups excluding carboxylic acids is 1. The van der Waals surface area contributed by atoms with E-state index < -0.39 is 11.7 Å². The lowest BCUT2D eigenvalue weighted by atomic mass is 10.1. The quantitative estimate of drug-likeness (QED) is 0.656. The molecule has 0 spiro atoms. The lowest BCUT2D eigenvalue weighted by Crippen LogP contribution is -2.08. The zero-order chi connectivity index (χ0) is 20.3. The van der Waals surface area contributed by atoms with E-state index in [1.165, 1.54) is 26.3 Å². The molecule has 2 N–H and O–H groups in total. The number of fused-ring (bicyclic) bond motifs is 1. The minimum Gasteiger partial charge on any atom is -0.495 e. The first-order valence-electron chi connectivity index (χ1n) is 8.42. The summed E-state index contributed by atoms with van der Waals surface area (Å²) in [6, 6.07) is 10.5. The largest absolute Gasteiger partial charge is 0.495 e. The third-order valence-electron chi connectivity index (χ3n) is 4.13. The van der Waals surface area contributed by atoms with Crippen molar-refractivity contribution in [1.82, 2.24) is 4.98 Å².